The molecule has 0 saturated carbocycles. The van der Waals surface area contributed by atoms with Crippen molar-refractivity contribution in [2.75, 3.05) is 5.73 Å². The molecule has 0 saturated heterocycles. The first-order valence-corrected chi connectivity index (χ1v) is 6.29. The normalized spacial score (nSPS) is 12.9. The van der Waals surface area contributed by atoms with Crippen molar-refractivity contribution in [3.8, 4) is 0 Å². The third kappa shape index (κ3) is 2.44. The van der Waals surface area contributed by atoms with Gasteiger partial charge in [0.05, 0.1) is 5.52 Å². The van der Waals surface area contributed by atoms with Gasteiger partial charge in [0.2, 0.25) is 0 Å². The monoisotopic (exact) mass is 282 g/mol. The Balaban J connectivity index is 2.78. The van der Waals surface area contributed by atoms with Crippen molar-refractivity contribution in [2.45, 2.75) is 39.3 Å². The predicted molar refractivity (Wildman–Crippen MR) is 74.6 cm³/mol. The van der Waals surface area contributed by atoms with Crippen LogP contribution in [-0.4, -0.2) is 4.98 Å². The van der Waals surface area contributed by atoms with E-state index in [0.29, 0.717) is 5.39 Å². The van der Waals surface area contributed by atoms with E-state index >= 15 is 0 Å². The second-order valence-electron chi connectivity index (χ2n) is 5.98. The van der Waals surface area contributed by atoms with E-state index in [1.807, 2.05) is 26.8 Å². The number of nitrogens with zero attached hydrogens (tertiary/aromatic N) is 1. The quantitative estimate of drug-likeness (QED) is 0.775. The summed E-state index contributed by atoms with van der Waals surface area (Å²) in [6, 6.07) is 5.22. The van der Waals surface area contributed by atoms with Crippen LogP contribution in [0.25, 0.3) is 10.9 Å². The standard InChI is InChI=1S/C15H17F3N2/c1-8-12(19)10-7-9(14(2,3)4)5-6-11(10)20-13(8)15(16,17)18/h5-7H,1-4H3,(H2,19,20). The molecule has 0 aliphatic carbocycles. The summed E-state index contributed by atoms with van der Waals surface area (Å²) < 4.78 is 38.7. The molecule has 0 aliphatic rings. The lowest BCUT2D eigenvalue weighted by molar-refractivity contribution is -0.141. The van der Waals surface area contributed by atoms with Crippen molar-refractivity contribution in [2.24, 2.45) is 0 Å². The minimum absolute atomic E-state index is 0.0175. The van der Waals surface area contributed by atoms with Crippen LogP contribution in [0.5, 0.6) is 0 Å². The summed E-state index contributed by atoms with van der Waals surface area (Å²) in [4.78, 5) is 3.73. The Morgan fingerprint density at radius 3 is 2.20 bits per heavy atom. The first-order chi connectivity index (χ1) is 9.01. The van der Waals surface area contributed by atoms with Crippen LogP contribution in [0.3, 0.4) is 0 Å². The van der Waals surface area contributed by atoms with Gasteiger partial charge >= 0.3 is 6.18 Å². The number of aromatic nitrogens is 1. The molecule has 5 heteroatoms. The van der Waals surface area contributed by atoms with Crippen molar-refractivity contribution < 1.29 is 13.2 Å². The van der Waals surface area contributed by atoms with E-state index in [2.05, 4.69) is 4.98 Å². The average molecular weight is 282 g/mol. The van der Waals surface area contributed by atoms with Crippen LogP contribution >= 0.6 is 0 Å². The van der Waals surface area contributed by atoms with Gasteiger partial charge in [0.25, 0.3) is 0 Å². The van der Waals surface area contributed by atoms with Crippen molar-refractivity contribution in [3.05, 3.63) is 35.0 Å². The number of fused-ring (bicyclic) bond motifs is 1. The number of hydrogen-bond donors (Lipinski definition) is 1. The molecular weight excluding hydrogens is 265 g/mol. The van der Waals surface area contributed by atoms with Crippen molar-refractivity contribution in [1.29, 1.82) is 0 Å². The zero-order chi connectivity index (χ0) is 15.3. The van der Waals surface area contributed by atoms with Crippen LogP contribution in [-0.2, 0) is 11.6 Å². The molecule has 0 unspecified atom stereocenters. The predicted octanol–water partition coefficient (Wildman–Crippen LogP) is 4.44. The van der Waals surface area contributed by atoms with Crippen LogP contribution in [0.1, 0.15) is 37.6 Å². The van der Waals surface area contributed by atoms with Crippen LogP contribution < -0.4 is 5.73 Å². The first kappa shape index (κ1) is 14.6. The summed E-state index contributed by atoms with van der Waals surface area (Å²) in [6.07, 6.45) is -4.49. The number of halogens is 3. The molecule has 1 aromatic heterocycles. The highest BCUT2D eigenvalue weighted by molar-refractivity contribution is 5.92. The number of hydrogen-bond acceptors (Lipinski definition) is 2. The second kappa shape index (κ2) is 4.36. The summed E-state index contributed by atoms with van der Waals surface area (Å²) >= 11 is 0. The van der Waals surface area contributed by atoms with Gasteiger partial charge in [-0.2, -0.15) is 13.2 Å². The summed E-state index contributed by atoms with van der Waals surface area (Å²) in [7, 11) is 0. The number of anilines is 1. The molecule has 108 valence electrons. The topological polar surface area (TPSA) is 38.9 Å². The zero-order valence-corrected chi connectivity index (χ0v) is 11.9. The molecule has 2 aromatic rings. The Bertz CT molecular complexity index is 667. The van der Waals surface area contributed by atoms with Crippen LogP contribution in [0.4, 0.5) is 18.9 Å². The van der Waals surface area contributed by atoms with Gasteiger partial charge in [-0.05, 0) is 30.0 Å². The molecule has 0 spiro atoms. The summed E-state index contributed by atoms with van der Waals surface area (Å²) in [5, 5.41) is 0.572. The number of alkyl halides is 3. The van der Waals surface area contributed by atoms with E-state index in [1.54, 1.807) is 12.1 Å². The van der Waals surface area contributed by atoms with E-state index in [0.717, 1.165) is 5.56 Å². The number of nitrogens with two attached hydrogens (primary N) is 1. The highest BCUT2D eigenvalue weighted by Gasteiger charge is 2.35. The number of rotatable bonds is 0. The lowest BCUT2D eigenvalue weighted by Crippen LogP contribution is -2.14. The van der Waals surface area contributed by atoms with Gasteiger partial charge in [0.1, 0.15) is 5.69 Å². The maximum Gasteiger partial charge on any atom is 0.433 e. The molecule has 0 radical (unpaired) electrons. The van der Waals surface area contributed by atoms with Gasteiger partial charge in [0, 0.05) is 16.6 Å². The lowest BCUT2D eigenvalue weighted by Gasteiger charge is -2.20. The summed E-state index contributed by atoms with van der Waals surface area (Å²) in [5.74, 6) is 0. The largest absolute Gasteiger partial charge is 0.433 e. The van der Waals surface area contributed by atoms with Gasteiger partial charge < -0.3 is 5.73 Å². The molecule has 2 nitrogen and oxygen atoms in total. The Kier molecular flexibility index (Phi) is 3.19. The third-order valence-corrected chi connectivity index (χ3v) is 3.41. The second-order valence-corrected chi connectivity index (χ2v) is 5.98. The smallest absolute Gasteiger partial charge is 0.398 e. The van der Waals surface area contributed by atoms with Gasteiger partial charge in [-0.1, -0.05) is 26.8 Å². The molecular formula is C15H17F3N2. The number of benzene rings is 1. The van der Waals surface area contributed by atoms with Crippen LogP contribution in [0, 0.1) is 6.92 Å². The Morgan fingerprint density at radius 1 is 1.10 bits per heavy atom. The Labute approximate surface area is 115 Å². The maximum absolute atomic E-state index is 12.9. The first-order valence-electron chi connectivity index (χ1n) is 6.29. The molecule has 1 aromatic carbocycles. The van der Waals surface area contributed by atoms with Gasteiger partial charge in [-0.3, -0.25) is 0 Å². The van der Waals surface area contributed by atoms with Crippen molar-refractivity contribution in [1.82, 2.24) is 4.98 Å². The minimum atomic E-state index is -4.49. The molecule has 2 rings (SSSR count). The van der Waals surface area contributed by atoms with Crippen LogP contribution in [0.15, 0.2) is 18.2 Å². The third-order valence-electron chi connectivity index (χ3n) is 3.41. The maximum atomic E-state index is 12.9. The molecule has 0 amide bonds. The van der Waals surface area contributed by atoms with E-state index < -0.39 is 11.9 Å². The zero-order valence-electron chi connectivity index (χ0n) is 11.9. The van der Waals surface area contributed by atoms with Crippen molar-refractivity contribution >= 4 is 16.6 Å². The lowest BCUT2D eigenvalue weighted by atomic mass is 9.86. The molecule has 0 atom stereocenters. The number of pyridine rings is 1. The average Bonchev–Trinajstić information content (AvgIpc) is 2.30. The van der Waals surface area contributed by atoms with Gasteiger partial charge in [0.15, 0.2) is 0 Å². The van der Waals surface area contributed by atoms with Crippen molar-refractivity contribution in [3.63, 3.8) is 0 Å². The molecule has 0 bridgehead atoms. The molecule has 2 N–H and O–H groups in total. The Hall–Kier alpha value is -1.78. The fourth-order valence-electron chi connectivity index (χ4n) is 2.13. The highest BCUT2D eigenvalue weighted by Crippen LogP contribution is 2.36. The summed E-state index contributed by atoms with van der Waals surface area (Å²) in [5.41, 5.74) is 6.29. The summed E-state index contributed by atoms with van der Waals surface area (Å²) in [6.45, 7) is 7.46. The van der Waals surface area contributed by atoms with E-state index in [1.165, 1.54) is 6.92 Å². The van der Waals surface area contributed by atoms with Gasteiger partial charge in [-0.25, -0.2) is 4.98 Å². The Morgan fingerprint density at radius 2 is 1.70 bits per heavy atom. The molecule has 0 aliphatic heterocycles. The molecule has 0 fully saturated rings. The highest BCUT2D eigenvalue weighted by atomic mass is 19.4. The molecule has 1 heterocycles. The van der Waals surface area contributed by atoms with Crippen LogP contribution in [0.2, 0.25) is 0 Å². The molecule has 20 heavy (non-hydrogen) atoms. The van der Waals surface area contributed by atoms with E-state index in [-0.39, 0.29) is 22.2 Å². The van der Waals surface area contributed by atoms with E-state index in [4.69, 9.17) is 5.73 Å². The fraction of sp³-hybridized carbons (Fsp3) is 0.400. The fourth-order valence-corrected chi connectivity index (χ4v) is 2.13. The number of nitrogen functional groups attached to an aromatic ring is 1. The minimum Gasteiger partial charge on any atom is -0.398 e. The van der Waals surface area contributed by atoms with Gasteiger partial charge in [-0.15, -0.1) is 0 Å². The van der Waals surface area contributed by atoms with E-state index in [9.17, 15) is 13.2 Å². The SMILES string of the molecule is Cc1c(C(F)(F)F)nc2ccc(C(C)(C)C)cc2c1N.